The maximum Gasteiger partial charge on any atom is 0.319 e. The molecule has 14 heavy (non-hydrogen) atoms. The molecule has 0 aliphatic heterocycles. The maximum atomic E-state index is 11.1. The van der Waals surface area contributed by atoms with E-state index < -0.39 is 4.83 Å². The Balaban J connectivity index is 3.67. The Hall–Kier alpha value is -0.580. The number of alkyl halides is 1. The number of rotatable bonds is 6. The van der Waals surface area contributed by atoms with E-state index in [0.717, 1.165) is 0 Å². The van der Waals surface area contributed by atoms with E-state index in [1.54, 1.807) is 13.8 Å². The van der Waals surface area contributed by atoms with Crippen LogP contribution in [-0.2, 0) is 19.1 Å². The smallest absolute Gasteiger partial charge is 0.319 e. The molecular formula is C9H15BrO4. The number of hydrogen-bond donors (Lipinski definition) is 0. The first-order valence-corrected chi connectivity index (χ1v) is 5.49. The van der Waals surface area contributed by atoms with Crippen LogP contribution in [0.5, 0.6) is 0 Å². The highest BCUT2D eigenvalue weighted by molar-refractivity contribution is 9.10. The van der Waals surface area contributed by atoms with Crippen LogP contribution >= 0.6 is 15.9 Å². The Kier molecular flexibility index (Phi) is 7.47. The van der Waals surface area contributed by atoms with E-state index >= 15 is 0 Å². The average molecular weight is 267 g/mol. The minimum absolute atomic E-state index is 0.225. The van der Waals surface area contributed by atoms with Gasteiger partial charge in [0.05, 0.1) is 13.2 Å². The zero-order chi connectivity index (χ0) is 11.0. The molecule has 0 aromatic carbocycles. The van der Waals surface area contributed by atoms with Crippen molar-refractivity contribution >= 4 is 27.9 Å². The van der Waals surface area contributed by atoms with Crippen LogP contribution in [0.15, 0.2) is 0 Å². The van der Waals surface area contributed by atoms with Gasteiger partial charge in [-0.3, -0.25) is 9.59 Å². The fraction of sp³-hybridized carbons (Fsp3) is 0.778. The van der Waals surface area contributed by atoms with Crippen molar-refractivity contribution < 1.29 is 19.1 Å². The third-order valence-electron chi connectivity index (χ3n) is 1.45. The Morgan fingerprint density at radius 1 is 1.21 bits per heavy atom. The van der Waals surface area contributed by atoms with Crippen LogP contribution in [0.3, 0.4) is 0 Å². The van der Waals surface area contributed by atoms with Gasteiger partial charge < -0.3 is 9.47 Å². The number of ether oxygens (including phenoxy) is 2. The summed E-state index contributed by atoms with van der Waals surface area (Å²) in [5, 5.41) is 0. The second kappa shape index (κ2) is 7.79. The fourth-order valence-electron chi connectivity index (χ4n) is 0.828. The van der Waals surface area contributed by atoms with Gasteiger partial charge in [0.1, 0.15) is 4.83 Å². The molecule has 0 amide bonds. The quantitative estimate of drug-likeness (QED) is 0.542. The third-order valence-corrected chi connectivity index (χ3v) is 2.28. The molecule has 1 atom stereocenters. The molecule has 0 rings (SSSR count). The molecule has 4 nitrogen and oxygen atoms in total. The second-order valence-corrected chi connectivity index (χ2v) is 3.67. The zero-order valence-electron chi connectivity index (χ0n) is 8.42. The number of carbonyl (C=O) groups is 2. The van der Waals surface area contributed by atoms with E-state index in [2.05, 4.69) is 15.9 Å². The van der Waals surface area contributed by atoms with E-state index in [-0.39, 0.29) is 18.4 Å². The minimum Gasteiger partial charge on any atom is -0.466 e. The molecule has 0 unspecified atom stereocenters. The molecule has 0 saturated carbocycles. The molecule has 82 valence electrons. The van der Waals surface area contributed by atoms with Gasteiger partial charge in [0, 0.05) is 6.42 Å². The van der Waals surface area contributed by atoms with Gasteiger partial charge in [-0.25, -0.2) is 0 Å². The maximum absolute atomic E-state index is 11.1. The van der Waals surface area contributed by atoms with Crippen molar-refractivity contribution in [3.8, 4) is 0 Å². The van der Waals surface area contributed by atoms with Crippen molar-refractivity contribution in [3.63, 3.8) is 0 Å². The summed E-state index contributed by atoms with van der Waals surface area (Å²) in [5.74, 6) is -0.627. The summed E-state index contributed by atoms with van der Waals surface area (Å²) in [6, 6.07) is 0. The normalized spacial score (nSPS) is 11.9. The van der Waals surface area contributed by atoms with Gasteiger partial charge in [-0.05, 0) is 20.3 Å². The van der Waals surface area contributed by atoms with Crippen LogP contribution < -0.4 is 0 Å². The predicted octanol–water partition coefficient (Wildman–Crippen LogP) is 1.66. The molecule has 0 radical (unpaired) electrons. The highest BCUT2D eigenvalue weighted by Crippen LogP contribution is 2.10. The van der Waals surface area contributed by atoms with Gasteiger partial charge in [0.15, 0.2) is 0 Å². The molecule has 0 aliphatic carbocycles. The standard InChI is InChI=1S/C9H15BrO4/c1-3-13-8(11)6-5-7(10)9(12)14-4-2/h7H,3-6H2,1-2H3/t7-/m0/s1. The Morgan fingerprint density at radius 2 is 1.79 bits per heavy atom. The number of carbonyl (C=O) groups excluding carboxylic acids is 2. The van der Waals surface area contributed by atoms with Crippen molar-refractivity contribution in [2.24, 2.45) is 0 Å². The number of esters is 2. The van der Waals surface area contributed by atoms with Crippen LogP contribution in [0.2, 0.25) is 0 Å². The number of hydrogen-bond acceptors (Lipinski definition) is 4. The lowest BCUT2D eigenvalue weighted by atomic mass is 10.2. The lowest BCUT2D eigenvalue weighted by molar-refractivity contribution is -0.144. The largest absolute Gasteiger partial charge is 0.466 e. The van der Waals surface area contributed by atoms with Crippen molar-refractivity contribution in [1.29, 1.82) is 0 Å². The van der Waals surface area contributed by atoms with E-state index in [0.29, 0.717) is 19.6 Å². The van der Waals surface area contributed by atoms with Gasteiger partial charge in [-0.2, -0.15) is 0 Å². The van der Waals surface area contributed by atoms with Crippen molar-refractivity contribution in [3.05, 3.63) is 0 Å². The molecule has 0 heterocycles. The molecule has 0 aromatic heterocycles. The van der Waals surface area contributed by atoms with Crippen LogP contribution in [-0.4, -0.2) is 30.0 Å². The summed E-state index contributed by atoms with van der Waals surface area (Å²) in [6.07, 6.45) is 0.625. The van der Waals surface area contributed by atoms with Gasteiger partial charge in [-0.1, -0.05) is 15.9 Å². The molecule has 0 spiro atoms. The predicted molar refractivity (Wildman–Crippen MR) is 55.2 cm³/mol. The Labute approximate surface area is 92.1 Å². The first-order chi connectivity index (χ1) is 6.61. The van der Waals surface area contributed by atoms with Gasteiger partial charge in [-0.15, -0.1) is 0 Å². The zero-order valence-corrected chi connectivity index (χ0v) is 10.0. The van der Waals surface area contributed by atoms with Crippen LogP contribution in [0.25, 0.3) is 0 Å². The fourth-order valence-corrected chi connectivity index (χ4v) is 1.19. The third kappa shape index (κ3) is 5.96. The first kappa shape index (κ1) is 13.4. The summed E-state index contributed by atoms with van der Waals surface area (Å²) < 4.78 is 9.48. The molecule has 0 N–H and O–H groups in total. The van der Waals surface area contributed by atoms with Crippen molar-refractivity contribution in [2.45, 2.75) is 31.5 Å². The van der Waals surface area contributed by atoms with Gasteiger partial charge in [0.2, 0.25) is 0 Å². The van der Waals surface area contributed by atoms with E-state index in [9.17, 15) is 9.59 Å². The van der Waals surface area contributed by atoms with E-state index in [1.165, 1.54) is 0 Å². The number of halogens is 1. The Bertz CT molecular complexity index is 193. The molecule has 5 heteroatoms. The van der Waals surface area contributed by atoms with Crippen LogP contribution in [0, 0.1) is 0 Å². The SMILES string of the molecule is CCOC(=O)CC[C@H](Br)C(=O)OCC. The lowest BCUT2D eigenvalue weighted by Crippen LogP contribution is -2.19. The molecule has 0 aromatic rings. The molecular weight excluding hydrogens is 252 g/mol. The summed E-state index contributed by atoms with van der Waals surface area (Å²) in [5.41, 5.74) is 0. The average Bonchev–Trinajstić information content (AvgIpc) is 2.15. The highest BCUT2D eigenvalue weighted by atomic mass is 79.9. The topological polar surface area (TPSA) is 52.6 Å². The van der Waals surface area contributed by atoms with Crippen molar-refractivity contribution in [2.75, 3.05) is 13.2 Å². The lowest BCUT2D eigenvalue weighted by Gasteiger charge is -2.07. The monoisotopic (exact) mass is 266 g/mol. The van der Waals surface area contributed by atoms with Gasteiger partial charge >= 0.3 is 11.9 Å². The van der Waals surface area contributed by atoms with E-state index in [1.807, 2.05) is 0 Å². The summed E-state index contributed by atoms with van der Waals surface area (Å²) >= 11 is 3.14. The van der Waals surface area contributed by atoms with Gasteiger partial charge in [0.25, 0.3) is 0 Å². The van der Waals surface area contributed by atoms with Crippen LogP contribution in [0.4, 0.5) is 0 Å². The Morgan fingerprint density at radius 3 is 2.29 bits per heavy atom. The highest BCUT2D eigenvalue weighted by Gasteiger charge is 2.17. The summed E-state index contributed by atoms with van der Waals surface area (Å²) in [7, 11) is 0. The summed E-state index contributed by atoms with van der Waals surface area (Å²) in [6.45, 7) is 4.20. The first-order valence-electron chi connectivity index (χ1n) is 4.58. The molecule has 0 aliphatic rings. The van der Waals surface area contributed by atoms with Crippen LogP contribution in [0.1, 0.15) is 26.7 Å². The van der Waals surface area contributed by atoms with E-state index in [4.69, 9.17) is 9.47 Å². The minimum atomic E-state index is -0.424. The second-order valence-electron chi connectivity index (χ2n) is 2.56. The summed E-state index contributed by atoms with van der Waals surface area (Å²) in [4.78, 5) is 21.6. The van der Waals surface area contributed by atoms with Crippen molar-refractivity contribution in [1.82, 2.24) is 0 Å². The molecule has 0 bridgehead atoms. The molecule has 0 saturated heterocycles. The molecule has 0 fully saturated rings.